The highest BCUT2D eigenvalue weighted by molar-refractivity contribution is 5.98. The Hall–Kier alpha value is -3.49. The van der Waals surface area contributed by atoms with E-state index in [4.69, 9.17) is 4.74 Å². The zero-order valence-corrected chi connectivity index (χ0v) is 21.3. The standard InChI is InChI=1S/C27H36N4O5/c1-4-6-14-22(29-26(34)23-16-18(3)30-31(23)5-2)25(33)28-21-15-10-13-20(21)27(35)36-17-24(32)19-11-8-7-9-12-19/h7-9,11-12,16,20-22H,4-6,10,13-15,17H2,1-3H3,(H,28,33)(H,29,34)/t20-,21+,22+/m1/s1. The van der Waals surface area contributed by atoms with Gasteiger partial charge < -0.3 is 15.4 Å². The molecule has 2 aromatic rings. The third-order valence-electron chi connectivity index (χ3n) is 6.49. The van der Waals surface area contributed by atoms with Gasteiger partial charge in [-0.2, -0.15) is 5.10 Å². The Morgan fingerprint density at radius 3 is 2.58 bits per heavy atom. The number of amides is 2. The number of ether oxygens (including phenoxy) is 1. The van der Waals surface area contributed by atoms with Gasteiger partial charge in [-0.05, 0) is 39.2 Å². The number of unbranched alkanes of at least 4 members (excludes halogenated alkanes) is 1. The van der Waals surface area contributed by atoms with Crippen molar-refractivity contribution in [2.75, 3.05) is 6.61 Å². The van der Waals surface area contributed by atoms with Crippen LogP contribution in [0.1, 0.15) is 78.9 Å². The third kappa shape index (κ3) is 7.02. The smallest absolute Gasteiger partial charge is 0.311 e. The van der Waals surface area contributed by atoms with Gasteiger partial charge in [-0.25, -0.2) is 0 Å². The average molecular weight is 497 g/mol. The van der Waals surface area contributed by atoms with Crippen LogP contribution in [0.15, 0.2) is 36.4 Å². The van der Waals surface area contributed by atoms with E-state index < -0.39 is 24.0 Å². The first-order valence-electron chi connectivity index (χ1n) is 12.7. The van der Waals surface area contributed by atoms with E-state index in [0.717, 1.165) is 25.0 Å². The minimum atomic E-state index is -0.727. The SMILES string of the molecule is CCCC[C@H](NC(=O)c1cc(C)nn1CC)C(=O)N[C@H]1CCC[C@H]1C(=O)OCC(=O)c1ccccc1. The van der Waals surface area contributed by atoms with Crippen molar-refractivity contribution in [1.82, 2.24) is 20.4 Å². The molecule has 3 atom stereocenters. The Morgan fingerprint density at radius 1 is 1.14 bits per heavy atom. The Kier molecular flexibility index (Phi) is 9.78. The summed E-state index contributed by atoms with van der Waals surface area (Å²) < 4.78 is 6.92. The number of hydrogen-bond donors (Lipinski definition) is 2. The van der Waals surface area contributed by atoms with E-state index in [1.807, 2.05) is 26.8 Å². The maximum atomic E-state index is 13.2. The maximum absolute atomic E-state index is 13.2. The summed E-state index contributed by atoms with van der Waals surface area (Å²) in [5.41, 5.74) is 1.63. The first-order chi connectivity index (χ1) is 17.3. The lowest BCUT2D eigenvalue weighted by atomic mass is 10.0. The Balaban J connectivity index is 1.60. The maximum Gasteiger partial charge on any atom is 0.311 e. The molecule has 1 heterocycles. The van der Waals surface area contributed by atoms with Crippen LogP contribution in [0.3, 0.4) is 0 Å². The van der Waals surface area contributed by atoms with Crippen molar-refractivity contribution in [2.45, 2.75) is 77.9 Å². The first-order valence-corrected chi connectivity index (χ1v) is 12.7. The molecule has 0 saturated heterocycles. The van der Waals surface area contributed by atoms with Crippen LogP contribution in [0.5, 0.6) is 0 Å². The average Bonchev–Trinajstić information content (AvgIpc) is 3.51. The van der Waals surface area contributed by atoms with Crippen molar-refractivity contribution < 1.29 is 23.9 Å². The lowest BCUT2D eigenvalue weighted by molar-refractivity contribution is -0.148. The van der Waals surface area contributed by atoms with Crippen molar-refractivity contribution in [2.24, 2.45) is 5.92 Å². The molecule has 1 aromatic carbocycles. The van der Waals surface area contributed by atoms with Gasteiger partial charge >= 0.3 is 5.97 Å². The van der Waals surface area contributed by atoms with Crippen LogP contribution in [-0.4, -0.2) is 52.0 Å². The van der Waals surface area contributed by atoms with Gasteiger partial charge in [0.2, 0.25) is 5.91 Å². The van der Waals surface area contributed by atoms with Crippen LogP contribution in [0.25, 0.3) is 0 Å². The van der Waals surface area contributed by atoms with Crippen molar-refractivity contribution >= 4 is 23.6 Å². The van der Waals surface area contributed by atoms with E-state index in [2.05, 4.69) is 15.7 Å². The van der Waals surface area contributed by atoms with Crippen molar-refractivity contribution in [1.29, 1.82) is 0 Å². The third-order valence-corrected chi connectivity index (χ3v) is 6.49. The summed E-state index contributed by atoms with van der Waals surface area (Å²) in [5, 5.41) is 10.1. The number of Topliss-reactive ketones (excluding diaryl/α,β-unsaturated/α-hetero) is 1. The number of carbonyl (C=O) groups is 4. The normalized spacial score (nSPS) is 17.9. The minimum Gasteiger partial charge on any atom is -0.457 e. The number of aromatic nitrogens is 2. The topological polar surface area (TPSA) is 119 Å². The van der Waals surface area contributed by atoms with E-state index in [9.17, 15) is 19.2 Å². The molecule has 1 fully saturated rings. The predicted molar refractivity (Wildman–Crippen MR) is 134 cm³/mol. The fraction of sp³-hybridized carbons (Fsp3) is 0.519. The van der Waals surface area contributed by atoms with Gasteiger partial charge in [-0.15, -0.1) is 0 Å². The Bertz CT molecular complexity index is 1070. The van der Waals surface area contributed by atoms with Crippen LogP contribution in [-0.2, 0) is 20.9 Å². The number of aryl methyl sites for hydroxylation is 2. The molecular formula is C27H36N4O5. The number of nitrogens with zero attached hydrogens (tertiary/aromatic N) is 2. The quantitative estimate of drug-likeness (QED) is 0.344. The Morgan fingerprint density at radius 2 is 1.89 bits per heavy atom. The van der Waals surface area contributed by atoms with Gasteiger partial charge in [-0.3, -0.25) is 23.9 Å². The number of hydrogen-bond acceptors (Lipinski definition) is 6. The van der Waals surface area contributed by atoms with E-state index in [0.29, 0.717) is 37.1 Å². The summed E-state index contributed by atoms with van der Waals surface area (Å²) in [6.07, 6.45) is 4.10. The molecule has 9 heteroatoms. The number of esters is 1. The van der Waals surface area contributed by atoms with Crippen molar-refractivity contribution in [3.05, 3.63) is 53.3 Å². The molecule has 1 aliphatic rings. The van der Waals surface area contributed by atoms with Crippen molar-refractivity contribution in [3.8, 4) is 0 Å². The molecule has 0 bridgehead atoms. The summed E-state index contributed by atoms with van der Waals surface area (Å²) in [4.78, 5) is 51.2. The van der Waals surface area contributed by atoms with Gasteiger partial charge in [-0.1, -0.05) is 56.5 Å². The van der Waals surface area contributed by atoms with E-state index in [1.165, 1.54) is 0 Å². The molecule has 1 aliphatic carbocycles. The molecule has 194 valence electrons. The highest BCUT2D eigenvalue weighted by Gasteiger charge is 2.37. The van der Waals surface area contributed by atoms with Crippen LogP contribution in [0.2, 0.25) is 0 Å². The number of nitrogens with one attached hydrogen (secondary N) is 2. The summed E-state index contributed by atoms with van der Waals surface area (Å²) in [6, 6.07) is 9.24. The molecule has 0 aliphatic heterocycles. The number of ketones is 1. The summed E-state index contributed by atoms with van der Waals surface area (Å²) in [5.74, 6) is -1.95. The summed E-state index contributed by atoms with van der Waals surface area (Å²) >= 11 is 0. The fourth-order valence-corrected chi connectivity index (χ4v) is 4.53. The number of rotatable bonds is 12. The summed E-state index contributed by atoms with van der Waals surface area (Å²) in [6.45, 7) is 5.95. The predicted octanol–water partition coefficient (Wildman–Crippen LogP) is 3.21. The molecule has 1 aromatic heterocycles. The monoisotopic (exact) mass is 496 g/mol. The molecule has 2 amide bonds. The zero-order valence-electron chi connectivity index (χ0n) is 21.3. The van der Waals surface area contributed by atoms with Crippen LogP contribution in [0.4, 0.5) is 0 Å². The lowest BCUT2D eigenvalue weighted by Crippen LogP contribution is -2.51. The van der Waals surface area contributed by atoms with Gasteiger partial charge in [0.1, 0.15) is 11.7 Å². The van der Waals surface area contributed by atoms with Crippen LogP contribution in [0, 0.1) is 12.8 Å². The molecule has 0 radical (unpaired) electrons. The number of benzene rings is 1. The zero-order chi connectivity index (χ0) is 26.1. The van der Waals surface area contributed by atoms with E-state index in [1.54, 1.807) is 35.0 Å². The molecule has 2 N–H and O–H groups in total. The molecule has 1 saturated carbocycles. The van der Waals surface area contributed by atoms with Crippen LogP contribution < -0.4 is 10.6 Å². The van der Waals surface area contributed by atoms with Gasteiger partial charge in [0.05, 0.1) is 11.6 Å². The molecule has 9 nitrogen and oxygen atoms in total. The Labute approximate surface area is 212 Å². The fourth-order valence-electron chi connectivity index (χ4n) is 4.53. The second kappa shape index (κ2) is 13.0. The second-order valence-electron chi connectivity index (χ2n) is 9.20. The highest BCUT2D eigenvalue weighted by atomic mass is 16.5. The minimum absolute atomic E-state index is 0.272. The molecular weight excluding hydrogens is 460 g/mol. The van der Waals surface area contributed by atoms with Gasteiger partial charge in [0, 0.05) is 18.2 Å². The second-order valence-corrected chi connectivity index (χ2v) is 9.20. The van der Waals surface area contributed by atoms with E-state index in [-0.39, 0.29) is 24.2 Å². The molecule has 0 unspecified atom stereocenters. The molecule has 3 rings (SSSR count). The largest absolute Gasteiger partial charge is 0.457 e. The number of carbonyl (C=O) groups excluding carboxylic acids is 4. The molecule has 36 heavy (non-hydrogen) atoms. The highest BCUT2D eigenvalue weighted by Crippen LogP contribution is 2.27. The summed E-state index contributed by atoms with van der Waals surface area (Å²) in [7, 11) is 0. The lowest BCUT2D eigenvalue weighted by Gasteiger charge is -2.24. The molecule has 0 spiro atoms. The first kappa shape index (κ1) is 27.1. The van der Waals surface area contributed by atoms with E-state index >= 15 is 0 Å². The van der Waals surface area contributed by atoms with Gasteiger partial charge in [0.25, 0.3) is 5.91 Å². The van der Waals surface area contributed by atoms with Crippen LogP contribution >= 0.6 is 0 Å². The van der Waals surface area contributed by atoms with Gasteiger partial charge in [0.15, 0.2) is 12.4 Å². The van der Waals surface area contributed by atoms with Crippen molar-refractivity contribution in [3.63, 3.8) is 0 Å².